The quantitative estimate of drug-likeness (QED) is 0.471. The Hall–Kier alpha value is 0.760. The first-order valence-electron chi connectivity index (χ1n) is 2.15. The van der Waals surface area contributed by atoms with E-state index in [4.69, 9.17) is 0 Å². The van der Waals surface area contributed by atoms with E-state index >= 15 is 0 Å². The van der Waals surface area contributed by atoms with E-state index in [1.807, 2.05) is 0 Å². The molecule has 2 heteroatoms. The molecule has 0 fully saturated rings. The summed E-state index contributed by atoms with van der Waals surface area (Å²) in [7, 11) is 0.750. The van der Waals surface area contributed by atoms with Crippen molar-refractivity contribution in [3.05, 3.63) is 0 Å². The standard InChI is InChI=1S/C2H6Ge.C2H7Si/c2*1-3-2/h1-2H3;3H,1-2H3. The topological polar surface area (TPSA) is 0 Å². The van der Waals surface area contributed by atoms with Crippen molar-refractivity contribution in [1.82, 2.24) is 0 Å². The van der Waals surface area contributed by atoms with Crippen molar-refractivity contribution in [2.24, 2.45) is 0 Å². The molecule has 0 aliphatic carbocycles. The summed E-state index contributed by atoms with van der Waals surface area (Å²) in [4.78, 5) is 0. The molecule has 0 bridgehead atoms. The first kappa shape index (κ1) is 9.90. The van der Waals surface area contributed by atoms with Gasteiger partial charge in [-0.25, -0.2) is 0 Å². The molecule has 3 radical (unpaired) electrons. The fourth-order valence-corrected chi connectivity index (χ4v) is 0. The van der Waals surface area contributed by atoms with Crippen LogP contribution in [0.15, 0.2) is 0 Å². The predicted octanol–water partition coefficient (Wildman–Crippen LogP) is 1.31. The average Bonchev–Trinajstić information content (AvgIpc) is 1.39. The van der Waals surface area contributed by atoms with Crippen molar-refractivity contribution in [2.45, 2.75) is 24.6 Å². The van der Waals surface area contributed by atoms with E-state index in [1.165, 1.54) is 0 Å². The van der Waals surface area contributed by atoms with E-state index in [0.717, 1.165) is 9.52 Å². The maximum absolute atomic E-state index is 2.25. The van der Waals surface area contributed by atoms with Crippen molar-refractivity contribution < 1.29 is 0 Å². The van der Waals surface area contributed by atoms with Crippen LogP contribution in [-0.2, 0) is 0 Å². The second kappa shape index (κ2) is 17.1. The van der Waals surface area contributed by atoms with Gasteiger partial charge < -0.3 is 0 Å². The van der Waals surface area contributed by atoms with Crippen LogP contribution in [0.2, 0.25) is 24.6 Å². The zero-order valence-corrected chi connectivity index (χ0v) is 8.33. The maximum atomic E-state index is 2.25. The summed E-state index contributed by atoms with van der Waals surface area (Å²) in [6.07, 6.45) is 0. The molecule has 0 aliphatic rings. The van der Waals surface area contributed by atoms with Crippen LogP contribution in [-0.4, -0.2) is 25.0 Å². The van der Waals surface area contributed by atoms with E-state index in [2.05, 4.69) is 24.6 Å². The summed E-state index contributed by atoms with van der Waals surface area (Å²) in [5, 5.41) is 0. The Labute approximate surface area is 50.0 Å². The summed E-state index contributed by atoms with van der Waals surface area (Å²) in [6.45, 7) is 4.42. The Kier molecular flexibility index (Phi) is 28.3. The molecule has 0 amide bonds. The van der Waals surface area contributed by atoms with E-state index < -0.39 is 0 Å². The Morgan fingerprint density at radius 3 is 1.17 bits per heavy atom. The van der Waals surface area contributed by atoms with Gasteiger partial charge in [0.25, 0.3) is 0 Å². The number of rotatable bonds is 0. The zero-order valence-electron chi connectivity index (χ0n) is 5.08. The van der Waals surface area contributed by atoms with Crippen LogP contribution in [0.3, 0.4) is 0 Å². The molecule has 0 aromatic rings. The molecule has 0 aromatic carbocycles. The summed E-state index contributed by atoms with van der Waals surface area (Å²) in [5.74, 6) is 4.50. The number of hydrogen-bond donors (Lipinski definition) is 0. The normalized spacial score (nSPS) is 6.00. The van der Waals surface area contributed by atoms with Gasteiger partial charge in [-0.15, -0.1) is 0 Å². The molecule has 0 rings (SSSR count). The van der Waals surface area contributed by atoms with E-state index in [0.29, 0.717) is 15.4 Å². The van der Waals surface area contributed by atoms with Crippen molar-refractivity contribution in [1.29, 1.82) is 0 Å². The third-order valence-electron chi connectivity index (χ3n) is 0. The molecule has 0 nitrogen and oxygen atoms in total. The van der Waals surface area contributed by atoms with Crippen LogP contribution >= 0.6 is 0 Å². The molecule has 0 aliphatic heterocycles. The van der Waals surface area contributed by atoms with Crippen LogP contribution in [0, 0.1) is 0 Å². The van der Waals surface area contributed by atoms with Crippen LogP contribution in [0.5, 0.6) is 0 Å². The molecular formula is C4H13GeSi. The van der Waals surface area contributed by atoms with Crippen molar-refractivity contribution in [3.8, 4) is 0 Å². The third-order valence-corrected chi connectivity index (χ3v) is 0. The van der Waals surface area contributed by atoms with E-state index in [-0.39, 0.29) is 0 Å². The minimum atomic E-state index is 0.500. The van der Waals surface area contributed by atoms with E-state index in [9.17, 15) is 0 Å². The molecule has 0 N–H and O–H groups in total. The molecule has 0 heterocycles. The second-order valence-corrected chi connectivity index (χ2v) is 4.33. The molecule has 0 saturated heterocycles. The van der Waals surface area contributed by atoms with Crippen LogP contribution < -0.4 is 0 Å². The minimum absolute atomic E-state index is 0.500. The Morgan fingerprint density at radius 1 is 1.17 bits per heavy atom. The monoisotopic (exact) mass is 163 g/mol. The van der Waals surface area contributed by atoms with Gasteiger partial charge in [0.05, 0.1) is 0 Å². The van der Waals surface area contributed by atoms with Gasteiger partial charge in [0.1, 0.15) is 0 Å². The van der Waals surface area contributed by atoms with Crippen molar-refractivity contribution in [3.63, 3.8) is 0 Å². The van der Waals surface area contributed by atoms with Crippen LogP contribution in [0.1, 0.15) is 0 Å². The zero-order chi connectivity index (χ0) is 5.41. The van der Waals surface area contributed by atoms with Gasteiger partial charge in [-0.1, -0.05) is 13.1 Å². The molecule has 0 atom stereocenters. The fraction of sp³-hybridized carbons (Fsp3) is 1.00. The van der Waals surface area contributed by atoms with Gasteiger partial charge in [-0.3, -0.25) is 0 Å². The van der Waals surface area contributed by atoms with Crippen LogP contribution in [0.25, 0.3) is 0 Å². The van der Waals surface area contributed by atoms with Gasteiger partial charge >= 0.3 is 26.9 Å². The summed E-state index contributed by atoms with van der Waals surface area (Å²) in [5.41, 5.74) is 0. The summed E-state index contributed by atoms with van der Waals surface area (Å²) in [6, 6.07) is 0. The molecule has 6 heavy (non-hydrogen) atoms. The average molecular weight is 162 g/mol. The third kappa shape index (κ3) is 117. The molecular weight excluding hydrogens is 149 g/mol. The molecule has 0 saturated carbocycles. The SMILES string of the molecule is C[SiH]C.[CH3][Ge][CH3]. The van der Waals surface area contributed by atoms with Crippen LogP contribution in [0.4, 0.5) is 0 Å². The second-order valence-electron chi connectivity index (χ2n) is 1.08. The van der Waals surface area contributed by atoms with Gasteiger partial charge in [0.15, 0.2) is 0 Å². The first-order valence-corrected chi connectivity index (χ1v) is 8.66. The van der Waals surface area contributed by atoms with Gasteiger partial charge in [0, 0.05) is 9.52 Å². The molecule has 0 aromatic heterocycles. The molecule has 0 unspecified atom stereocenters. The summed E-state index contributed by atoms with van der Waals surface area (Å²) < 4.78 is 0. The first-order chi connectivity index (χ1) is 2.83. The number of hydrogen-bond acceptors (Lipinski definition) is 0. The Morgan fingerprint density at radius 2 is 1.17 bits per heavy atom. The van der Waals surface area contributed by atoms with Crippen molar-refractivity contribution in [2.75, 3.05) is 0 Å². The molecule has 0 spiro atoms. The fourth-order valence-electron chi connectivity index (χ4n) is 0. The summed E-state index contributed by atoms with van der Waals surface area (Å²) >= 11 is 0.500. The van der Waals surface area contributed by atoms with Gasteiger partial charge in [-0.2, -0.15) is 0 Å². The van der Waals surface area contributed by atoms with Gasteiger partial charge in [-0.05, 0) is 0 Å². The van der Waals surface area contributed by atoms with Gasteiger partial charge in [0.2, 0.25) is 0 Å². The van der Waals surface area contributed by atoms with E-state index in [1.54, 1.807) is 0 Å². The van der Waals surface area contributed by atoms with Crippen molar-refractivity contribution >= 4 is 25.0 Å². The predicted molar refractivity (Wildman–Crippen MR) is 36.4 cm³/mol. The molecule has 37 valence electrons. The Bertz CT molecular complexity index is 9.51. The Balaban J connectivity index is 0.